The number of hydrogen-bond acceptors (Lipinski definition) is 3. The van der Waals surface area contributed by atoms with Crippen LogP contribution in [0.1, 0.15) is 46.5 Å². The highest BCUT2D eigenvalue weighted by atomic mass is 16.5. The molecule has 0 aliphatic carbocycles. The number of nitrogens with zero attached hydrogens (tertiary/aromatic N) is 1. The van der Waals surface area contributed by atoms with Crippen LogP contribution in [-0.2, 0) is 9.53 Å². The first-order valence-electron chi connectivity index (χ1n) is 7.90. The van der Waals surface area contributed by atoms with E-state index in [0.29, 0.717) is 12.1 Å². The predicted molar refractivity (Wildman–Crippen MR) is 80.6 cm³/mol. The Bertz CT molecular complexity index is 357. The average Bonchev–Trinajstić information content (AvgIpc) is 2.78. The van der Waals surface area contributed by atoms with Crippen LogP contribution in [0, 0.1) is 0 Å². The van der Waals surface area contributed by atoms with Crippen molar-refractivity contribution in [1.29, 1.82) is 0 Å². The zero-order valence-corrected chi connectivity index (χ0v) is 13.0. The minimum Gasteiger partial charge on any atom is -0.377 e. The maximum Gasteiger partial charge on any atom is 0.237 e. The molecule has 0 aromatic rings. The molecule has 0 aromatic heterocycles. The van der Waals surface area contributed by atoms with E-state index >= 15 is 0 Å². The van der Waals surface area contributed by atoms with Gasteiger partial charge in [-0.3, -0.25) is 9.69 Å². The Morgan fingerprint density at radius 2 is 2.15 bits per heavy atom. The summed E-state index contributed by atoms with van der Waals surface area (Å²) in [5, 5.41) is 3.09. The van der Waals surface area contributed by atoms with Crippen molar-refractivity contribution < 1.29 is 9.53 Å². The number of ether oxygens (including phenoxy) is 1. The number of amides is 1. The molecule has 20 heavy (non-hydrogen) atoms. The van der Waals surface area contributed by atoms with Crippen LogP contribution in [0.3, 0.4) is 0 Å². The topological polar surface area (TPSA) is 41.6 Å². The van der Waals surface area contributed by atoms with Gasteiger partial charge < -0.3 is 10.1 Å². The van der Waals surface area contributed by atoms with Crippen LogP contribution >= 0.6 is 0 Å². The number of carbonyl (C=O) groups is 1. The summed E-state index contributed by atoms with van der Waals surface area (Å²) in [4.78, 5) is 14.6. The summed E-state index contributed by atoms with van der Waals surface area (Å²) in [5.74, 6) is 0.165. The Labute approximate surface area is 122 Å². The van der Waals surface area contributed by atoms with Gasteiger partial charge in [0.2, 0.25) is 5.91 Å². The maximum atomic E-state index is 12.3. The second-order valence-corrected chi connectivity index (χ2v) is 6.13. The third-order valence-electron chi connectivity index (χ3n) is 4.65. The summed E-state index contributed by atoms with van der Waals surface area (Å²) in [6.45, 7) is 8.76. The summed E-state index contributed by atoms with van der Waals surface area (Å²) in [6, 6.07) is 1.01. The molecule has 3 unspecified atom stereocenters. The highest BCUT2D eigenvalue weighted by Crippen LogP contribution is 2.25. The molecule has 114 valence electrons. The van der Waals surface area contributed by atoms with Gasteiger partial charge in [-0.25, -0.2) is 0 Å². The fraction of sp³-hybridized carbons (Fsp3) is 0.812. The lowest BCUT2D eigenvalue weighted by Gasteiger charge is -2.31. The second-order valence-electron chi connectivity index (χ2n) is 6.13. The van der Waals surface area contributed by atoms with Crippen molar-refractivity contribution in [3.05, 3.63) is 11.6 Å². The quantitative estimate of drug-likeness (QED) is 0.784. The predicted octanol–water partition coefficient (Wildman–Crippen LogP) is 2.10. The van der Waals surface area contributed by atoms with Gasteiger partial charge in [0.15, 0.2) is 0 Å². The molecule has 0 spiro atoms. The first-order valence-corrected chi connectivity index (χ1v) is 7.90. The Morgan fingerprint density at radius 1 is 1.45 bits per heavy atom. The SMILES string of the molecule is CC1CCC(C)N1C(C)C(=O)NCCC1=CCOCC1. The molecule has 2 aliphatic rings. The van der Waals surface area contributed by atoms with E-state index in [1.54, 1.807) is 0 Å². The molecule has 1 amide bonds. The van der Waals surface area contributed by atoms with E-state index in [9.17, 15) is 4.79 Å². The highest BCUT2D eigenvalue weighted by molar-refractivity contribution is 5.81. The van der Waals surface area contributed by atoms with Crippen LogP contribution in [0.2, 0.25) is 0 Å². The van der Waals surface area contributed by atoms with E-state index in [-0.39, 0.29) is 11.9 Å². The van der Waals surface area contributed by atoms with Crippen molar-refractivity contribution in [3.63, 3.8) is 0 Å². The van der Waals surface area contributed by atoms with Crippen LogP contribution in [-0.4, -0.2) is 48.7 Å². The normalized spacial score (nSPS) is 29.1. The molecule has 0 bridgehead atoms. The first-order chi connectivity index (χ1) is 9.59. The number of likely N-dealkylation sites (tertiary alicyclic amines) is 1. The van der Waals surface area contributed by atoms with Crippen molar-refractivity contribution in [2.45, 2.75) is 64.6 Å². The van der Waals surface area contributed by atoms with Crippen LogP contribution in [0.15, 0.2) is 11.6 Å². The first kappa shape index (κ1) is 15.5. The number of hydrogen-bond donors (Lipinski definition) is 1. The lowest BCUT2D eigenvalue weighted by atomic mass is 10.1. The third kappa shape index (κ3) is 3.83. The lowest BCUT2D eigenvalue weighted by molar-refractivity contribution is -0.126. The van der Waals surface area contributed by atoms with Gasteiger partial charge >= 0.3 is 0 Å². The van der Waals surface area contributed by atoms with Gasteiger partial charge in [0.05, 0.1) is 19.3 Å². The molecular weight excluding hydrogens is 252 g/mol. The monoisotopic (exact) mass is 280 g/mol. The highest BCUT2D eigenvalue weighted by Gasteiger charge is 2.34. The summed E-state index contributed by atoms with van der Waals surface area (Å²) in [6.07, 6.45) is 6.50. The number of carbonyl (C=O) groups excluding carboxylic acids is 1. The summed E-state index contributed by atoms with van der Waals surface area (Å²) in [5.41, 5.74) is 1.41. The Kier molecular flexibility index (Phi) is 5.61. The van der Waals surface area contributed by atoms with Crippen LogP contribution in [0.25, 0.3) is 0 Å². The minimum absolute atomic E-state index is 0.0221. The van der Waals surface area contributed by atoms with Crippen LogP contribution in [0.4, 0.5) is 0 Å². The zero-order valence-electron chi connectivity index (χ0n) is 13.0. The van der Waals surface area contributed by atoms with Gasteiger partial charge in [-0.1, -0.05) is 11.6 Å². The van der Waals surface area contributed by atoms with Crippen molar-refractivity contribution in [1.82, 2.24) is 10.2 Å². The summed E-state index contributed by atoms with van der Waals surface area (Å²) >= 11 is 0. The van der Waals surface area contributed by atoms with Crippen LogP contribution in [0.5, 0.6) is 0 Å². The van der Waals surface area contributed by atoms with Crippen molar-refractivity contribution in [2.75, 3.05) is 19.8 Å². The number of rotatable bonds is 5. The average molecular weight is 280 g/mol. The summed E-state index contributed by atoms with van der Waals surface area (Å²) in [7, 11) is 0. The van der Waals surface area contributed by atoms with Gasteiger partial charge in [0.25, 0.3) is 0 Å². The smallest absolute Gasteiger partial charge is 0.237 e. The lowest BCUT2D eigenvalue weighted by Crippen LogP contribution is -2.49. The van der Waals surface area contributed by atoms with Crippen molar-refractivity contribution >= 4 is 5.91 Å². The van der Waals surface area contributed by atoms with Gasteiger partial charge in [-0.15, -0.1) is 0 Å². The van der Waals surface area contributed by atoms with Gasteiger partial charge in [-0.2, -0.15) is 0 Å². The molecule has 0 saturated carbocycles. The van der Waals surface area contributed by atoms with Gasteiger partial charge in [0.1, 0.15) is 0 Å². The zero-order chi connectivity index (χ0) is 14.5. The molecule has 0 aromatic carbocycles. The second kappa shape index (κ2) is 7.23. The van der Waals surface area contributed by atoms with E-state index < -0.39 is 0 Å². The van der Waals surface area contributed by atoms with E-state index in [1.165, 1.54) is 18.4 Å². The fourth-order valence-electron chi connectivity index (χ4n) is 3.40. The third-order valence-corrected chi connectivity index (χ3v) is 4.65. The van der Waals surface area contributed by atoms with Crippen molar-refractivity contribution in [3.8, 4) is 0 Å². The Hall–Kier alpha value is -0.870. The molecular formula is C16H28N2O2. The minimum atomic E-state index is -0.0221. The molecule has 1 fully saturated rings. The molecule has 1 N–H and O–H groups in total. The van der Waals surface area contributed by atoms with Gasteiger partial charge in [0, 0.05) is 18.6 Å². The molecule has 2 rings (SSSR count). The van der Waals surface area contributed by atoms with E-state index in [0.717, 1.165) is 32.6 Å². The Morgan fingerprint density at radius 3 is 2.75 bits per heavy atom. The standard InChI is InChI=1S/C16H28N2O2/c1-12-4-5-13(2)18(12)14(3)16(19)17-9-6-15-7-10-20-11-8-15/h7,12-14H,4-6,8-11H2,1-3H3,(H,17,19). The molecule has 4 nitrogen and oxygen atoms in total. The van der Waals surface area contributed by atoms with E-state index in [4.69, 9.17) is 4.74 Å². The molecule has 2 heterocycles. The summed E-state index contributed by atoms with van der Waals surface area (Å²) < 4.78 is 5.29. The maximum absolute atomic E-state index is 12.3. The number of nitrogens with one attached hydrogen (secondary N) is 1. The van der Waals surface area contributed by atoms with Gasteiger partial charge in [-0.05, 0) is 46.5 Å². The molecule has 1 saturated heterocycles. The van der Waals surface area contributed by atoms with Crippen molar-refractivity contribution in [2.24, 2.45) is 0 Å². The molecule has 0 radical (unpaired) electrons. The van der Waals surface area contributed by atoms with E-state index in [1.807, 2.05) is 6.92 Å². The molecule has 2 aliphatic heterocycles. The molecule has 4 heteroatoms. The Balaban J connectivity index is 1.75. The largest absolute Gasteiger partial charge is 0.377 e. The van der Waals surface area contributed by atoms with Crippen LogP contribution < -0.4 is 5.32 Å². The molecule has 3 atom stereocenters. The fourth-order valence-corrected chi connectivity index (χ4v) is 3.40. The van der Waals surface area contributed by atoms with E-state index in [2.05, 4.69) is 30.1 Å².